The summed E-state index contributed by atoms with van der Waals surface area (Å²) in [5, 5.41) is 9.91. The van der Waals surface area contributed by atoms with Gasteiger partial charge in [-0.1, -0.05) is 0 Å². The molecule has 0 spiro atoms. The summed E-state index contributed by atoms with van der Waals surface area (Å²) in [5.74, 6) is -0.672. The van der Waals surface area contributed by atoms with Crippen molar-refractivity contribution in [2.24, 2.45) is 0 Å². The van der Waals surface area contributed by atoms with Crippen molar-refractivity contribution in [1.82, 2.24) is 4.98 Å². The third-order valence-electron chi connectivity index (χ3n) is 2.25. The molecule has 74 valence electrons. The van der Waals surface area contributed by atoms with Crippen molar-refractivity contribution < 1.29 is 13.9 Å². The second kappa shape index (κ2) is 3.06. The second-order valence-electron chi connectivity index (χ2n) is 3.20. The van der Waals surface area contributed by atoms with E-state index in [9.17, 15) is 13.9 Å². The Labute approximate surface area is 79.6 Å². The van der Waals surface area contributed by atoms with E-state index in [1.54, 1.807) is 18.3 Å². The fraction of sp³-hybridized carbons (Fsp3) is 0.200. The highest BCUT2D eigenvalue weighted by Crippen LogP contribution is 2.32. The Kier molecular flexibility index (Phi) is 2.00. The van der Waals surface area contributed by atoms with Crippen LogP contribution in [0.15, 0.2) is 42.4 Å². The molecule has 2 unspecified atom stereocenters. The lowest BCUT2D eigenvalue weighted by Gasteiger charge is -2.27. The predicted molar refractivity (Wildman–Crippen MR) is 47.9 cm³/mol. The third kappa shape index (κ3) is 1.28. The van der Waals surface area contributed by atoms with Gasteiger partial charge in [-0.3, -0.25) is 0 Å². The average Bonchev–Trinajstić information content (AvgIpc) is 2.65. The van der Waals surface area contributed by atoms with Gasteiger partial charge in [-0.25, -0.2) is 8.78 Å². The van der Waals surface area contributed by atoms with Crippen molar-refractivity contribution in [1.29, 1.82) is 0 Å². The van der Waals surface area contributed by atoms with E-state index in [-0.39, 0.29) is 0 Å². The Morgan fingerprint density at radius 2 is 2.29 bits per heavy atom. The lowest BCUT2D eigenvalue weighted by molar-refractivity contribution is 0.0186. The molecule has 1 heterocycles. The van der Waals surface area contributed by atoms with Crippen LogP contribution in [0.4, 0.5) is 8.78 Å². The maximum absolute atomic E-state index is 13.4. The minimum Gasteiger partial charge on any atom is -0.376 e. The molecule has 0 aliphatic heterocycles. The number of aliphatic hydroxyl groups is 1. The van der Waals surface area contributed by atoms with E-state index in [0.29, 0.717) is 5.69 Å². The second-order valence-corrected chi connectivity index (χ2v) is 3.20. The monoisotopic (exact) mass is 197 g/mol. The lowest BCUT2D eigenvalue weighted by atomic mass is 9.90. The quantitative estimate of drug-likeness (QED) is 0.709. The van der Waals surface area contributed by atoms with E-state index in [4.69, 9.17) is 0 Å². The van der Waals surface area contributed by atoms with Crippen LogP contribution in [0.1, 0.15) is 5.69 Å². The van der Waals surface area contributed by atoms with Gasteiger partial charge in [0.05, 0.1) is 5.69 Å². The number of aromatic amines is 1. The van der Waals surface area contributed by atoms with Crippen LogP contribution in [0, 0.1) is 0 Å². The van der Waals surface area contributed by atoms with Gasteiger partial charge in [0.1, 0.15) is 5.83 Å². The van der Waals surface area contributed by atoms with Crippen LogP contribution >= 0.6 is 0 Å². The van der Waals surface area contributed by atoms with Gasteiger partial charge in [0.25, 0.3) is 0 Å². The SMILES string of the molecule is OC1(c2ccc[nH]2)C=CC(F)=CC1F. The number of hydrogen-bond donors (Lipinski definition) is 2. The van der Waals surface area contributed by atoms with Gasteiger partial charge < -0.3 is 10.1 Å². The molecule has 1 aliphatic rings. The molecule has 2 nitrogen and oxygen atoms in total. The molecular weight excluding hydrogens is 188 g/mol. The van der Waals surface area contributed by atoms with Crippen LogP contribution in [0.5, 0.6) is 0 Å². The van der Waals surface area contributed by atoms with Gasteiger partial charge in [-0.15, -0.1) is 0 Å². The Balaban J connectivity index is 2.39. The normalized spacial score (nSPS) is 31.6. The summed E-state index contributed by atoms with van der Waals surface area (Å²) < 4.78 is 26.0. The molecule has 0 bridgehead atoms. The molecular formula is C10H9F2NO. The van der Waals surface area contributed by atoms with Crippen molar-refractivity contribution in [3.63, 3.8) is 0 Å². The first-order valence-corrected chi connectivity index (χ1v) is 4.20. The van der Waals surface area contributed by atoms with Crippen molar-refractivity contribution >= 4 is 0 Å². The van der Waals surface area contributed by atoms with Crippen LogP contribution in [-0.4, -0.2) is 16.3 Å². The molecule has 2 rings (SSSR count). The molecule has 0 amide bonds. The summed E-state index contributed by atoms with van der Waals surface area (Å²) in [5.41, 5.74) is -1.47. The number of nitrogens with one attached hydrogen (secondary N) is 1. The van der Waals surface area contributed by atoms with E-state index in [1.807, 2.05) is 0 Å². The largest absolute Gasteiger partial charge is 0.376 e. The maximum Gasteiger partial charge on any atom is 0.159 e. The third-order valence-corrected chi connectivity index (χ3v) is 2.25. The highest BCUT2D eigenvalue weighted by molar-refractivity contribution is 5.33. The van der Waals surface area contributed by atoms with Crippen molar-refractivity contribution in [3.8, 4) is 0 Å². The first-order chi connectivity index (χ1) is 6.63. The predicted octanol–water partition coefficient (Wildman–Crippen LogP) is 1.96. The van der Waals surface area contributed by atoms with Crippen molar-refractivity contribution in [2.45, 2.75) is 11.8 Å². The van der Waals surface area contributed by atoms with E-state index in [2.05, 4.69) is 4.98 Å². The molecule has 0 fully saturated rings. The minimum absolute atomic E-state index is 0.310. The van der Waals surface area contributed by atoms with E-state index < -0.39 is 17.6 Å². The zero-order valence-electron chi connectivity index (χ0n) is 7.24. The average molecular weight is 197 g/mol. The van der Waals surface area contributed by atoms with E-state index in [0.717, 1.165) is 18.2 Å². The summed E-state index contributed by atoms with van der Waals surface area (Å²) >= 11 is 0. The number of halogens is 2. The highest BCUT2D eigenvalue weighted by Gasteiger charge is 2.38. The van der Waals surface area contributed by atoms with Gasteiger partial charge in [-0.2, -0.15) is 0 Å². The zero-order valence-corrected chi connectivity index (χ0v) is 7.24. The van der Waals surface area contributed by atoms with Crippen LogP contribution in [0.2, 0.25) is 0 Å². The Bertz CT molecular complexity index is 383. The number of hydrogen-bond acceptors (Lipinski definition) is 1. The van der Waals surface area contributed by atoms with Gasteiger partial charge in [0.15, 0.2) is 11.8 Å². The molecule has 0 aromatic carbocycles. The van der Waals surface area contributed by atoms with E-state index in [1.165, 1.54) is 0 Å². The number of H-pyrrole nitrogens is 1. The molecule has 0 saturated carbocycles. The topological polar surface area (TPSA) is 36.0 Å². The molecule has 2 atom stereocenters. The summed E-state index contributed by atoms with van der Waals surface area (Å²) in [6, 6.07) is 3.19. The van der Waals surface area contributed by atoms with Crippen LogP contribution in [0.25, 0.3) is 0 Å². The lowest BCUT2D eigenvalue weighted by Crippen LogP contribution is -2.35. The molecule has 1 aromatic heterocycles. The molecule has 0 radical (unpaired) electrons. The first kappa shape index (κ1) is 9.15. The number of alkyl halides is 1. The van der Waals surface area contributed by atoms with Crippen molar-refractivity contribution in [3.05, 3.63) is 48.1 Å². The molecule has 4 heteroatoms. The fourth-order valence-corrected chi connectivity index (χ4v) is 1.44. The molecule has 2 N–H and O–H groups in total. The van der Waals surface area contributed by atoms with Gasteiger partial charge >= 0.3 is 0 Å². The summed E-state index contributed by atoms with van der Waals surface area (Å²) in [6.45, 7) is 0. The molecule has 1 aliphatic carbocycles. The number of allylic oxidation sites excluding steroid dienone is 2. The standard InChI is InChI=1S/C10H9F2NO/c11-7-3-4-10(14,8(12)6-7)9-2-1-5-13-9/h1-6,8,13-14H. The first-order valence-electron chi connectivity index (χ1n) is 4.20. The Morgan fingerprint density at radius 1 is 1.50 bits per heavy atom. The van der Waals surface area contributed by atoms with Gasteiger partial charge in [0, 0.05) is 6.20 Å². The van der Waals surface area contributed by atoms with Gasteiger partial charge in [0.2, 0.25) is 0 Å². The summed E-state index contributed by atoms with van der Waals surface area (Å²) in [6.07, 6.45) is 2.71. The Morgan fingerprint density at radius 3 is 2.86 bits per heavy atom. The molecule has 14 heavy (non-hydrogen) atoms. The van der Waals surface area contributed by atoms with Crippen LogP contribution < -0.4 is 0 Å². The summed E-state index contributed by atoms with van der Waals surface area (Å²) in [4.78, 5) is 2.70. The minimum atomic E-state index is -1.78. The zero-order chi connectivity index (χ0) is 10.2. The van der Waals surface area contributed by atoms with Crippen LogP contribution in [0.3, 0.4) is 0 Å². The number of rotatable bonds is 1. The molecule has 1 aromatic rings. The fourth-order valence-electron chi connectivity index (χ4n) is 1.44. The maximum atomic E-state index is 13.4. The van der Waals surface area contributed by atoms with Crippen LogP contribution in [-0.2, 0) is 5.60 Å². The van der Waals surface area contributed by atoms with Gasteiger partial charge in [-0.05, 0) is 30.4 Å². The Hall–Kier alpha value is -1.42. The van der Waals surface area contributed by atoms with E-state index >= 15 is 0 Å². The van der Waals surface area contributed by atoms with Crippen molar-refractivity contribution in [2.75, 3.05) is 0 Å². The molecule has 0 saturated heterocycles. The summed E-state index contributed by atoms with van der Waals surface area (Å²) in [7, 11) is 0. The highest BCUT2D eigenvalue weighted by atomic mass is 19.1. The number of aromatic nitrogens is 1. The smallest absolute Gasteiger partial charge is 0.159 e.